The lowest BCUT2D eigenvalue weighted by Crippen LogP contribution is -2.14. The van der Waals surface area contributed by atoms with E-state index < -0.39 is 11.9 Å². The molecule has 0 bridgehead atoms. The van der Waals surface area contributed by atoms with E-state index in [0.29, 0.717) is 11.5 Å². The van der Waals surface area contributed by atoms with Gasteiger partial charge in [-0.1, -0.05) is 0 Å². The van der Waals surface area contributed by atoms with Crippen LogP contribution >= 0.6 is 0 Å². The van der Waals surface area contributed by atoms with Crippen molar-refractivity contribution in [2.24, 2.45) is 0 Å². The van der Waals surface area contributed by atoms with Gasteiger partial charge in [0.1, 0.15) is 22.6 Å². The van der Waals surface area contributed by atoms with E-state index >= 15 is 0 Å². The van der Waals surface area contributed by atoms with E-state index in [9.17, 15) is 9.59 Å². The van der Waals surface area contributed by atoms with E-state index in [0.717, 1.165) is 11.3 Å². The van der Waals surface area contributed by atoms with Crippen molar-refractivity contribution in [3.63, 3.8) is 0 Å². The Balaban J connectivity index is 1.89. The van der Waals surface area contributed by atoms with Crippen molar-refractivity contribution >= 4 is 23.6 Å². The van der Waals surface area contributed by atoms with Gasteiger partial charge in [-0.15, -0.1) is 10.2 Å². The lowest BCUT2D eigenvalue weighted by Gasteiger charge is -2.07. The third-order valence-electron chi connectivity index (χ3n) is 4.34. The van der Waals surface area contributed by atoms with Gasteiger partial charge in [-0.25, -0.2) is 9.59 Å². The zero-order valence-electron chi connectivity index (χ0n) is 17.7. The van der Waals surface area contributed by atoms with Crippen LogP contribution in [0.2, 0.25) is 0 Å². The largest absolute Gasteiger partial charge is 0.497 e. The number of benzene rings is 1. The van der Waals surface area contributed by atoms with Crippen molar-refractivity contribution in [2.75, 3.05) is 25.6 Å². The van der Waals surface area contributed by atoms with Crippen molar-refractivity contribution in [2.45, 2.75) is 20.8 Å². The first-order valence-electron chi connectivity index (χ1n) is 9.71. The van der Waals surface area contributed by atoms with Crippen molar-refractivity contribution in [1.82, 2.24) is 10.2 Å². The molecular formula is C22H23N3O6. The van der Waals surface area contributed by atoms with Crippen LogP contribution in [-0.4, -0.2) is 42.5 Å². The van der Waals surface area contributed by atoms with Crippen LogP contribution in [0.3, 0.4) is 0 Å². The lowest BCUT2D eigenvalue weighted by molar-refractivity contribution is 0.0480. The predicted octanol–water partition coefficient (Wildman–Crippen LogP) is 4.15. The molecular weight excluding hydrogens is 402 g/mol. The Morgan fingerprint density at radius 2 is 1.58 bits per heavy atom. The standard InChI is InChI=1S/C22H23N3O6/c1-5-29-21(26)18-13(3)31-20(19(18)22(27)30-6-2)23-17-12-11-16(24-25-17)14-7-9-15(28-4)10-8-14/h7-12H,5-6H2,1-4H3,(H,23,25). The molecule has 2 heterocycles. The molecule has 9 nitrogen and oxygen atoms in total. The van der Waals surface area contributed by atoms with Gasteiger partial charge in [0.25, 0.3) is 0 Å². The van der Waals surface area contributed by atoms with Gasteiger partial charge in [-0.2, -0.15) is 0 Å². The monoisotopic (exact) mass is 425 g/mol. The molecule has 3 rings (SSSR count). The Labute approximate surface area is 179 Å². The molecule has 0 aliphatic carbocycles. The molecule has 2 aromatic heterocycles. The summed E-state index contributed by atoms with van der Waals surface area (Å²) in [5.41, 5.74) is 1.50. The number of carbonyl (C=O) groups excluding carboxylic acids is 2. The first kappa shape index (κ1) is 21.8. The number of carbonyl (C=O) groups is 2. The average Bonchev–Trinajstić information content (AvgIpc) is 3.10. The van der Waals surface area contributed by atoms with Crippen LogP contribution in [0.1, 0.15) is 40.3 Å². The fraction of sp³-hybridized carbons (Fsp3) is 0.273. The second-order valence-corrected chi connectivity index (χ2v) is 6.34. The molecule has 31 heavy (non-hydrogen) atoms. The van der Waals surface area contributed by atoms with Crippen LogP contribution in [0, 0.1) is 6.92 Å². The first-order valence-corrected chi connectivity index (χ1v) is 9.71. The summed E-state index contributed by atoms with van der Waals surface area (Å²) in [5, 5.41) is 11.2. The molecule has 0 aliphatic heterocycles. The smallest absolute Gasteiger partial charge is 0.344 e. The highest BCUT2D eigenvalue weighted by Gasteiger charge is 2.30. The molecule has 0 fully saturated rings. The zero-order valence-corrected chi connectivity index (χ0v) is 17.7. The minimum absolute atomic E-state index is 0.0191. The van der Waals surface area contributed by atoms with Crippen LogP contribution in [0.5, 0.6) is 5.75 Å². The van der Waals surface area contributed by atoms with Gasteiger partial charge >= 0.3 is 11.9 Å². The summed E-state index contributed by atoms with van der Waals surface area (Å²) in [7, 11) is 1.60. The van der Waals surface area contributed by atoms with Crippen LogP contribution < -0.4 is 10.1 Å². The van der Waals surface area contributed by atoms with Crippen LogP contribution in [0.25, 0.3) is 11.3 Å². The van der Waals surface area contributed by atoms with Crippen LogP contribution in [0.4, 0.5) is 11.7 Å². The highest BCUT2D eigenvalue weighted by Crippen LogP contribution is 2.31. The SMILES string of the molecule is CCOC(=O)c1c(C)oc(Nc2ccc(-c3ccc(OC)cc3)nn2)c1C(=O)OCC. The van der Waals surface area contributed by atoms with Gasteiger partial charge in [0.05, 0.1) is 26.0 Å². The Morgan fingerprint density at radius 1 is 0.935 bits per heavy atom. The Kier molecular flexibility index (Phi) is 6.86. The van der Waals surface area contributed by atoms with Crippen LogP contribution in [-0.2, 0) is 9.47 Å². The van der Waals surface area contributed by atoms with Gasteiger partial charge < -0.3 is 23.9 Å². The number of rotatable bonds is 8. The molecule has 0 atom stereocenters. The van der Waals surface area contributed by atoms with Gasteiger partial charge in [-0.3, -0.25) is 0 Å². The number of anilines is 2. The normalized spacial score (nSPS) is 10.5. The third kappa shape index (κ3) is 4.82. The molecule has 0 radical (unpaired) electrons. The summed E-state index contributed by atoms with van der Waals surface area (Å²) in [5.74, 6) is -0.0372. The number of hydrogen-bond donors (Lipinski definition) is 1. The Bertz CT molecular complexity index is 1060. The molecule has 0 saturated carbocycles. The van der Waals surface area contributed by atoms with Gasteiger partial charge in [0.2, 0.25) is 5.88 Å². The Morgan fingerprint density at radius 3 is 2.13 bits per heavy atom. The number of nitrogens with zero attached hydrogens (tertiary/aromatic N) is 2. The van der Waals surface area contributed by atoms with Gasteiger partial charge in [0, 0.05) is 5.56 Å². The minimum atomic E-state index is -0.701. The van der Waals surface area contributed by atoms with Crippen molar-refractivity contribution in [3.05, 3.63) is 53.3 Å². The lowest BCUT2D eigenvalue weighted by atomic mass is 10.1. The van der Waals surface area contributed by atoms with Gasteiger partial charge in [-0.05, 0) is 57.2 Å². The Hall–Kier alpha value is -3.88. The van der Waals surface area contributed by atoms with Crippen molar-refractivity contribution in [1.29, 1.82) is 0 Å². The maximum absolute atomic E-state index is 12.5. The minimum Gasteiger partial charge on any atom is -0.497 e. The van der Waals surface area contributed by atoms with E-state index in [1.165, 1.54) is 0 Å². The van der Waals surface area contributed by atoms with Crippen molar-refractivity contribution in [3.8, 4) is 17.0 Å². The maximum atomic E-state index is 12.5. The summed E-state index contributed by atoms with van der Waals surface area (Å²) in [6, 6.07) is 10.9. The molecule has 0 spiro atoms. The van der Waals surface area contributed by atoms with Gasteiger partial charge in [0.15, 0.2) is 5.82 Å². The third-order valence-corrected chi connectivity index (χ3v) is 4.34. The molecule has 1 aromatic carbocycles. The molecule has 162 valence electrons. The topological polar surface area (TPSA) is 113 Å². The van der Waals surface area contributed by atoms with E-state index in [1.54, 1.807) is 40.0 Å². The number of aryl methyl sites for hydroxylation is 1. The number of nitrogens with one attached hydrogen (secondary N) is 1. The number of aromatic nitrogens is 2. The van der Waals surface area contributed by atoms with E-state index in [-0.39, 0.29) is 36.0 Å². The van der Waals surface area contributed by atoms with E-state index in [1.807, 2.05) is 24.3 Å². The summed E-state index contributed by atoms with van der Waals surface area (Å²) in [6.07, 6.45) is 0. The number of esters is 2. The van der Waals surface area contributed by atoms with E-state index in [2.05, 4.69) is 15.5 Å². The zero-order chi connectivity index (χ0) is 22.4. The van der Waals surface area contributed by atoms with E-state index in [4.69, 9.17) is 18.6 Å². The second kappa shape index (κ2) is 9.75. The molecule has 0 amide bonds. The second-order valence-electron chi connectivity index (χ2n) is 6.34. The summed E-state index contributed by atoms with van der Waals surface area (Å²) in [6.45, 7) is 5.22. The number of methoxy groups -OCH3 is 1. The summed E-state index contributed by atoms with van der Waals surface area (Å²) >= 11 is 0. The predicted molar refractivity (Wildman–Crippen MR) is 113 cm³/mol. The fourth-order valence-corrected chi connectivity index (χ4v) is 2.91. The molecule has 0 saturated heterocycles. The molecule has 0 aliphatic rings. The van der Waals surface area contributed by atoms with Crippen molar-refractivity contribution < 1.29 is 28.2 Å². The number of hydrogen-bond acceptors (Lipinski definition) is 9. The van der Waals surface area contributed by atoms with Crippen LogP contribution in [0.15, 0.2) is 40.8 Å². The highest BCUT2D eigenvalue weighted by atomic mass is 16.5. The summed E-state index contributed by atoms with van der Waals surface area (Å²) < 4.78 is 20.9. The molecule has 1 N–H and O–H groups in total. The summed E-state index contributed by atoms with van der Waals surface area (Å²) in [4.78, 5) is 24.9. The molecule has 0 unspecified atom stereocenters. The fourth-order valence-electron chi connectivity index (χ4n) is 2.91. The maximum Gasteiger partial charge on any atom is 0.344 e. The molecule has 3 aromatic rings. The highest BCUT2D eigenvalue weighted by molar-refractivity contribution is 6.07. The average molecular weight is 425 g/mol. The quantitative estimate of drug-likeness (QED) is 0.532. The number of furan rings is 1. The number of ether oxygens (including phenoxy) is 3. The first-order chi connectivity index (χ1) is 15.0. The molecule has 9 heteroatoms.